The summed E-state index contributed by atoms with van der Waals surface area (Å²) in [4.78, 5) is 17.7. The molecule has 6 heteroatoms. The first-order chi connectivity index (χ1) is 9.24. The van der Waals surface area contributed by atoms with Crippen LogP contribution in [-0.4, -0.2) is 14.9 Å². The zero-order chi connectivity index (χ0) is 13.2. The van der Waals surface area contributed by atoms with Crippen LogP contribution in [0.1, 0.15) is 0 Å². The summed E-state index contributed by atoms with van der Waals surface area (Å²) in [6, 6.07) is 14.3. The maximum absolute atomic E-state index is 10.9. The van der Waals surface area contributed by atoms with Crippen LogP contribution in [0.4, 0.5) is 17.3 Å². The molecule has 0 bridgehead atoms. The van der Waals surface area contributed by atoms with Crippen LogP contribution in [0.2, 0.25) is 0 Å². The molecular weight excluding hydrogens is 244 g/mol. The highest BCUT2D eigenvalue weighted by atomic mass is 16.6. The second-order valence-corrected chi connectivity index (χ2v) is 4.01. The lowest BCUT2D eigenvalue weighted by molar-refractivity contribution is -0.383. The average Bonchev–Trinajstić information content (AvgIpc) is 2.81. The van der Waals surface area contributed by atoms with E-state index in [1.807, 2.05) is 30.3 Å². The lowest BCUT2D eigenvalue weighted by Crippen LogP contribution is -1.91. The number of nitro benzene ring substituents is 1. The molecule has 0 saturated heterocycles. The number of aromatic amines is 1. The number of fused-ring (bicyclic) bond motifs is 1. The molecule has 3 aromatic rings. The van der Waals surface area contributed by atoms with Gasteiger partial charge in [-0.15, -0.1) is 0 Å². The first-order valence-corrected chi connectivity index (χ1v) is 5.69. The van der Waals surface area contributed by atoms with E-state index in [1.165, 1.54) is 6.07 Å². The van der Waals surface area contributed by atoms with E-state index < -0.39 is 4.92 Å². The smallest absolute Gasteiger partial charge is 0.297 e. The molecule has 1 heterocycles. The van der Waals surface area contributed by atoms with E-state index in [2.05, 4.69) is 15.3 Å². The van der Waals surface area contributed by atoms with Gasteiger partial charge in [0, 0.05) is 11.8 Å². The number of nitrogens with one attached hydrogen (secondary N) is 2. The Morgan fingerprint density at radius 3 is 2.63 bits per heavy atom. The minimum atomic E-state index is -0.435. The molecule has 2 N–H and O–H groups in total. The van der Waals surface area contributed by atoms with Gasteiger partial charge in [-0.25, -0.2) is 4.98 Å². The monoisotopic (exact) mass is 254 g/mol. The Labute approximate surface area is 108 Å². The topological polar surface area (TPSA) is 83.8 Å². The van der Waals surface area contributed by atoms with Crippen LogP contribution in [-0.2, 0) is 0 Å². The van der Waals surface area contributed by atoms with E-state index in [0.29, 0.717) is 17.0 Å². The van der Waals surface area contributed by atoms with Crippen molar-refractivity contribution in [2.24, 2.45) is 0 Å². The number of imidazole rings is 1. The number of aromatic nitrogens is 2. The standard InChI is InChI=1S/C13H10N4O2/c18-17(19)11-8-4-7-10-12(11)16-13(15-10)14-9-5-2-1-3-6-9/h1-8H,(H2,14,15,16). The van der Waals surface area contributed by atoms with E-state index in [1.54, 1.807) is 12.1 Å². The fourth-order valence-corrected chi connectivity index (χ4v) is 1.88. The predicted molar refractivity (Wildman–Crippen MR) is 72.5 cm³/mol. The lowest BCUT2D eigenvalue weighted by Gasteiger charge is -2.00. The fraction of sp³-hybridized carbons (Fsp3) is 0. The minimum Gasteiger partial charge on any atom is -0.326 e. The molecule has 0 spiro atoms. The summed E-state index contributed by atoms with van der Waals surface area (Å²) in [6.07, 6.45) is 0. The Bertz CT molecular complexity index is 737. The van der Waals surface area contributed by atoms with Gasteiger partial charge in [0.15, 0.2) is 5.52 Å². The quantitative estimate of drug-likeness (QED) is 0.555. The molecule has 0 aliphatic heterocycles. The Hall–Kier alpha value is -2.89. The maximum Gasteiger partial charge on any atom is 0.297 e. The zero-order valence-electron chi connectivity index (χ0n) is 9.83. The van der Waals surface area contributed by atoms with Crippen molar-refractivity contribution in [3.63, 3.8) is 0 Å². The molecule has 0 atom stereocenters. The number of benzene rings is 2. The largest absolute Gasteiger partial charge is 0.326 e. The molecule has 1 aromatic heterocycles. The van der Waals surface area contributed by atoms with Gasteiger partial charge < -0.3 is 10.3 Å². The van der Waals surface area contributed by atoms with Gasteiger partial charge >= 0.3 is 0 Å². The van der Waals surface area contributed by atoms with Crippen molar-refractivity contribution >= 4 is 28.4 Å². The van der Waals surface area contributed by atoms with Gasteiger partial charge in [0.2, 0.25) is 5.95 Å². The molecule has 0 fully saturated rings. The predicted octanol–water partition coefficient (Wildman–Crippen LogP) is 3.21. The summed E-state index contributed by atoms with van der Waals surface area (Å²) < 4.78 is 0. The molecule has 0 radical (unpaired) electrons. The molecule has 2 aromatic carbocycles. The number of non-ortho nitro benzene ring substituents is 1. The van der Waals surface area contributed by atoms with Crippen LogP contribution in [0.5, 0.6) is 0 Å². The van der Waals surface area contributed by atoms with Crippen LogP contribution in [0, 0.1) is 10.1 Å². The Morgan fingerprint density at radius 2 is 1.89 bits per heavy atom. The highest BCUT2D eigenvalue weighted by Crippen LogP contribution is 2.25. The second-order valence-electron chi connectivity index (χ2n) is 4.01. The SMILES string of the molecule is O=[N+]([O-])c1cccc2[nH]c(Nc3ccccc3)nc12. The second kappa shape index (κ2) is 4.41. The van der Waals surface area contributed by atoms with Crippen molar-refractivity contribution in [1.29, 1.82) is 0 Å². The van der Waals surface area contributed by atoms with Crippen molar-refractivity contribution in [2.75, 3.05) is 5.32 Å². The van der Waals surface area contributed by atoms with Crippen LogP contribution in [0.15, 0.2) is 48.5 Å². The number of anilines is 2. The van der Waals surface area contributed by atoms with Crippen molar-refractivity contribution in [3.05, 3.63) is 58.6 Å². The minimum absolute atomic E-state index is 0.00476. The zero-order valence-corrected chi connectivity index (χ0v) is 9.83. The van der Waals surface area contributed by atoms with Crippen molar-refractivity contribution in [1.82, 2.24) is 9.97 Å². The van der Waals surface area contributed by atoms with Gasteiger partial charge in [0.1, 0.15) is 0 Å². The first kappa shape index (κ1) is 11.2. The Kier molecular flexibility index (Phi) is 2.60. The third-order valence-corrected chi connectivity index (χ3v) is 2.72. The molecule has 19 heavy (non-hydrogen) atoms. The average molecular weight is 254 g/mol. The van der Waals surface area contributed by atoms with Crippen LogP contribution < -0.4 is 5.32 Å². The van der Waals surface area contributed by atoms with E-state index >= 15 is 0 Å². The molecular formula is C13H10N4O2. The summed E-state index contributed by atoms with van der Waals surface area (Å²) in [7, 11) is 0. The summed E-state index contributed by atoms with van der Waals surface area (Å²) in [5.41, 5.74) is 1.85. The number of hydrogen-bond acceptors (Lipinski definition) is 4. The molecule has 3 rings (SSSR count). The van der Waals surface area contributed by atoms with Gasteiger partial charge in [0.05, 0.1) is 10.4 Å². The number of hydrogen-bond donors (Lipinski definition) is 2. The number of H-pyrrole nitrogens is 1. The van der Waals surface area contributed by atoms with Gasteiger partial charge in [-0.05, 0) is 18.2 Å². The Balaban J connectivity index is 2.03. The molecule has 0 saturated carbocycles. The highest BCUT2D eigenvalue weighted by molar-refractivity contribution is 5.86. The van der Waals surface area contributed by atoms with Gasteiger partial charge in [-0.1, -0.05) is 24.3 Å². The fourth-order valence-electron chi connectivity index (χ4n) is 1.88. The van der Waals surface area contributed by atoms with E-state index in [9.17, 15) is 10.1 Å². The summed E-state index contributed by atoms with van der Waals surface area (Å²) in [5, 5.41) is 14.0. The van der Waals surface area contributed by atoms with E-state index in [4.69, 9.17) is 0 Å². The van der Waals surface area contributed by atoms with Crippen molar-refractivity contribution in [2.45, 2.75) is 0 Å². The summed E-state index contributed by atoms with van der Waals surface area (Å²) >= 11 is 0. The van der Waals surface area contributed by atoms with Gasteiger partial charge in [0.25, 0.3) is 5.69 Å². The molecule has 0 aliphatic carbocycles. The molecule has 94 valence electrons. The highest BCUT2D eigenvalue weighted by Gasteiger charge is 2.15. The number of rotatable bonds is 3. The first-order valence-electron chi connectivity index (χ1n) is 5.69. The third-order valence-electron chi connectivity index (χ3n) is 2.72. The Morgan fingerprint density at radius 1 is 1.11 bits per heavy atom. The molecule has 6 nitrogen and oxygen atoms in total. The summed E-state index contributed by atoms with van der Waals surface area (Å²) in [5.74, 6) is 0.482. The van der Waals surface area contributed by atoms with E-state index in [-0.39, 0.29) is 5.69 Å². The number of nitro groups is 1. The van der Waals surface area contributed by atoms with Crippen molar-refractivity contribution < 1.29 is 4.92 Å². The number of nitrogens with zero attached hydrogens (tertiary/aromatic N) is 2. The number of para-hydroxylation sites is 2. The maximum atomic E-state index is 10.9. The lowest BCUT2D eigenvalue weighted by atomic mass is 10.3. The van der Waals surface area contributed by atoms with Crippen LogP contribution in [0.25, 0.3) is 11.0 Å². The van der Waals surface area contributed by atoms with Crippen LogP contribution in [0.3, 0.4) is 0 Å². The summed E-state index contributed by atoms with van der Waals surface area (Å²) in [6.45, 7) is 0. The molecule has 0 aliphatic rings. The van der Waals surface area contributed by atoms with Crippen LogP contribution >= 0.6 is 0 Å². The van der Waals surface area contributed by atoms with Gasteiger partial charge in [-0.2, -0.15) is 0 Å². The third kappa shape index (κ3) is 2.11. The molecule has 0 unspecified atom stereocenters. The molecule has 0 amide bonds. The normalized spacial score (nSPS) is 10.5. The van der Waals surface area contributed by atoms with E-state index in [0.717, 1.165) is 5.69 Å². The van der Waals surface area contributed by atoms with Gasteiger partial charge in [-0.3, -0.25) is 10.1 Å². The van der Waals surface area contributed by atoms with Crippen molar-refractivity contribution in [3.8, 4) is 0 Å².